The quantitative estimate of drug-likeness (QED) is 0.375. The molecule has 1 aromatic heterocycles. The van der Waals surface area contributed by atoms with Crippen LogP contribution in [-0.2, 0) is 11.2 Å². The van der Waals surface area contributed by atoms with Crippen molar-refractivity contribution in [2.24, 2.45) is 11.8 Å². The van der Waals surface area contributed by atoms with Crippen molar-refractivity contribution in [2.45, 2.75) is 44.6 Å². The number of pyridine rings is 1. The third-order valence-corrected chi connectivity index (χ3v) is 7.34. The minimum Gasteiger partial charge on any atom is -0.497 e. The molecule has 186 valence electrons. The Balaban J connectivity index is 1.30. The number of methoxy groups -OCH3 is 1. The van der Waals surface area contributed by atoms with Crippen molar-refractivity contribution in [3.63, 3.8) is 0 Å². The molecule has 2 N–H and O–H groups in total. The number of carboxylic acids is 1. The number of piperidine rings is 1. The highest BCUT2D eigenvalue weighted by atomic mass is 16.5. The highest BCUT2D eigenvalue weighted by Gasteiger charge is 2.34. The minimum absolute atomic E-state index is 0.0744. The van der Waals surface area contributed by atoms with E-state index in [1.54, 1.807) is 13.3 Å². The van der Waals surface area contributed by atoms with Crippen LogP contribution in [0.1, 0.15) is 49.3 Å². The smallest absolute Gasteiger partial charge is 0.308 e. The number of carboxylic acid groups (broad SMARTS) is 1. The second kappa shape index (κ2) is 12.1. The van der Waals surface area contributed by atoms with Crippen molar-refractivity contribution in [2.75, 3.05) is 26.7 Å². The van der Waals surface area contributed by atoms with Gasteiger partial charge in [-0.25, -0.2) is 0 Å². The first-order valence-corrected chi connectivity index (χ1v) is 12.6. The fourth-order valence-corrected chi connectivity index (χ4v) is 5.30. The van der Waals surface area contributed by atoms with E-state index in [1.807, 2.05) is 30.3 Å². The van der Waals surface area contributed by atoms with Crippen molar-refractivity contribution in [1.82, 2.24) is 9.88 Å². The number of aromatic nitrogens is 1. The number of unbranched alkanes of at least 4 members (excludes halogenated alkanes) is 1. The predicted octanol–water partition coefficient (Wildman–Crippen LogP) is 5.10. The molecule has 0 aliphatic carbocycles. The average molecular weight is 477 g/mol. The second-order valence-corrected chi connectivity index (χ2v) is 9.61. The van der Waals surface area contributed by atoms with Gasteiger partial charge < -0.3 is 19.8 Å². The van der Waals surface area contributed by atoms with E-state index in [4.69, 9.17) is 4.74 Å². The molecule has 1 fully saturated rings. The van der Waals surface area contributed by atoms with Gasteiger partial charge in [-0.2, -0.15) is 0 Å². The number of nitrogens with zero attached hydrogens (tertiary/aromatic N) is 2. The van der Waals surface area contributed by atoms with Crippen molar-refractivity contribution < 1.29 is 19.7 Å². The SMILES string of the molecule is COc1ccc2nccc(C(O)CCC3CCN(CCCCc4ccccc4)CC3C(=O)O)c2c1. The number of fused-ring (bicyclic) bond motifs is 1. The molecule has 0 saturated carbocycles. The summed E-state index contributed by atoms with van der Waals surface area (Å²) in [5.41, 5.74) is 2.98. The Morgan fingerprint density at radius 1 is 1.17 bits per heavy atom. The summed E-state index contributed by atoms with van der Waals surface area (Å²) in [6.07, 6.45) is 6.36. The molecular weight excluding hydrogens is 440 g/mol. The molecule has 1 saturated heterocycles. The molecule has 6 nitrogen and oxygen atoms in total. The summed E-state index contributed by atoms with van der Waals surface area (Å²) in [4.78, 5) is 18.8. The lowest BCUT2D eigenvalue weighted by molar-refractivity contribution is -0.146. The van der Waals surface area contributed by atoms with Gasteiger partial charge in [0.2, 0.25) is 0 Å². The molecule has 0 radical (unpaired) electrons. The van der Waals surface area contributed by atoms with Gasteiger partial charge in [-0.3, -0.25) is 9.78 Å². The zero-order valence-corrected chi connectivity index (χ0v) is 20.5. The lowest BCUT2D eigenvalue weighted by atomic mass is 9.81. The molecule has 0 bridgehead atoms. The number of aliphatic hydroxyl groups excluding tert-OH is 1. The highest BCUT2D eigenvalue weighted by molar-refractivity contribution is 5.83. The van der Waals surface area contributed by atoms with Gasteiger partial charge in [0.05, 0.1) is 24.6 Å². The number of rotatable bonds is 11. The van der Waals surface area contributed by atoms with Gasteiger partial charge in [-0.1, -0.05) is 30.3 Å². The van der Waals surface area contributed by atoms with Crippen LogP contribution in [0, 0.1) is 11.8 Å². The standard InChI is InChI=1S/C29H36N2O4/c1-35-23-11-12-27-25(19-23)24(14-16-30-27)28(32)13-10-22-15-18-31(20-26(22)29(33)34)17-6-5-9-21-7-3-2-4-8-21/h2-4,7-8,11-12,14,16,19,22,26,28,32H,5-6,9-10,13,15,17-18,20H2,1H3,(H,33,34). The number of aryl methyl sites for hydroxylation is 1. The highest BCUT2D eigenvalue weighted by Crippen LogP contribution is 2.33. The summed E-state index contributed by atoms with van der Waals surface area (Å²) >= 11 is 0. The molecule has 0 spiro atoms. The van der Waals surface area contributed by atoms with E-state index in [-0.39, 0.29) is 11.8 Å². The van der Waals surface area contributed by atoms with E-state index >= 15 is 0 Å². The molecular formula is C29H36N2O4. The van der Waals surface area contributed by atoms with Crippen molar-refractivity contribution in [1.29, 1.82) is 0 Å². The lowest BCUT2D eigenvalue weighted by Crippen LogP contribution is -2.44. The summed E-state index contributed by atoms with van der Waals surface area (Å²) in [7, 11) is 1.62. The number of aliphatic carboxylic acids is 1. The first-order chi connectivity index (χ1) is 17.0. The fourth-order valence-electron chi connectivity index (χ4n) is 5.30. The van der Waals surface area contributed by atoms with Crippen LogP contribution in [-0.4, -0.2) is 52.8 Å². The maximum absolute atomic E-state index is 12.1. The number of hydrogen-bond acceptors (Lipinski definition) is 5. The Bertz CT molecular complexity index is 1100. The number of ether oxygens (including phenoxy) is 1. The first-order valence-electron chi connectivity index (χ1n) is 12.6. The van der Waals surface area contributed by atoms with Gasteiger partial charge >= 0.3 is 5.97 Å². The van der Waals surface area contributed by atoms with Crippen LogP contribution in [0.4, 0.5) is 0 Å². The molecule has 4 rings (SSSR count). The maximum Gasteiger partial charge on any atom is 0.308 e. The molecule has 2 heterocycles. The van der Waals surface area contributed by atoms with Crippen molar-refractivity contribution in [3.8, 4) is 5.75 Å². The maximum atomic E-state index is 12.1. The summed E-state index contributed by atoms with van der Waals surface area (Å²) in [6.45, 7) is 2.46. The molecule has 1 aliphatic heterocycles. The molecule has 1 aliphatic rings. The summed E-state index contributed by atoms with van der Waals surface area (Å²) in [6, 6.07) is 18.0. The van der Waals surface area contributed by atoms with Crippen LogP contribution in [0.5, 0.6) is 5.75 Å². The number of aliphatic hydroxyl groups is 1. The van der Waals surface area contributed by atoms with E-state index in [9.17, 15) is 15.0 Å². The van der Waals surface area contributed by atoms with Crippen LogP contribution >= 0.6 is 0 Å². The van der Waals surface area contributed by atoms with Crippen LogP contribution < -0.4 is 4.74 Å². The summed E-state index contributed by atoms with van der Waals surface area (Å²) < 4.78 is 5.34. The Morgan fingerprint density at radius 3 is 2.77 bits per heavy atom. The minimum atomic E-state index is -0.724. The van der Waals surface area contributed by atoms with Crippen LogP contribution in [0.3, 0.4) is 0 Å². The number of likely N-dealkylation sites (tertiary alicyclic amines) is 1. The largest absolute Gasteiger partial charge is 0.497 e. The predicted molar refractivity (Wildman–Crippen MR) is 138 cm³/mol. The third kappa shape index (κ3) is 6.59. The van der Waals surface area contributed by atoms with Crippen molar-refractivity contribution in [3.05, 3.63) is 71.9 Å². The number of carbonyl (C=O) groups is 1. The Hall–Kier alpha value is -2.96. The molecule has 3 aromatic rings. The average Bonchev–Trinajstić information content (AvgIpc) is 2.89. The monoisotopic (exact) mass is 476 g/mol. The zero-order chi connectivity index (χ0) is 24.6. The van der Waals surface area contributed by atoms with Gasteiger partial charge in [0, 0.05) is 18.1 Å². The van der Waals surface area contributed by atoms with Gasteiger partial charge in [-0.15, -0.1) is 0 Å². The van der Waals surface area contributed by atoms with Gasteiger partial charge in [-0.05, 0) is 92.9 Å². The lowest BCUT2D eigenvalue weighted by Gasteiger charge is -2.37. The van der Waals surface area contributed by atoms with Gasteiger partial charge in [0.1, 0.15) is 5.75 Å². The van der Waals surface area contributed by atoms with E-state index in [0.29, 0.717) is 19.4 Å². The molecule has 0 amide bonds. The number of benzene rings is 2. The van der Waals surface area contributed by atoms with E-state index in [0.717, 1.165) is 61.0 Å². The fraction of sp³-hybridized carbons (Fsp3) is 0.448. The molecule has 35 heavy (non-hydrogen) atoms. The molecule has 3 atom stereocenters. The molecule has 2 aromatic carbocycles. The molecule has 3 unspecified atom stereocenters. The van der Waals surface area contributed by atoms with Gasteiger partial charge in [0.25, 0.3) is 0 Å². The van der Waals surface area contributed by atoms with Gasteiger partial charge in [0.15, 0.2) is 0 Å². The zero-order valence-electron chi connectivity index (χ0n) is 20.5. The normalized spacial score (nSPS) is 19.5. The first kappa shape index (κ1) is 25.1. The molecule has 6 heteroatoms. The van der Waals surface area contributed by atoms with E-state index in [2.05, 4.69) is 34.1 Å². The summed E-state index contributed by atoms with van der Waals surface area (Å²) in [5.74, 6) is -0.316. The van der Waals surface area contributed by atoms with E-state index in [1.165, 1.54) is 5.56 Å². The number of hydrogen-bond donors (Lipinski definition) is 2. The summed E-state index contributed by atoms with van der Waals surface area (Å²) in [5, 5.41) is 21.8. The Kier molecular flexibility index (Phi) is 8.72. The van der Waals surface area contributed by atoms with Crippen LogP contribution in [0.15, 0.2) is 60.8 Å². The Labute approximate surface area is 207 Å². The van der Waals surface area contributed by atoms with Crippen molar-refractivity contribution >= 4 is 16.9 Å². The van der Waals surface area contributed by atoms with Crippen LogP contribution in [0.25, 0.3) is 10.9 Å². The Morgan fingerprint density at radius 2 is 2.00 bits per heavy atom. The van der Waals surface area contributed by atoms with Crippen LogP contribution in [0.2, 0.25) is 0 Å². The second-order valence-electron chi connectivity index (χ2n) is 9.61. The third-order valence-electron chi connectivity index (χ3n) is 7.34. The topological polar surface area (TPSA) is 82.9 Å². The van der Waals surface area contributed by atoms with E-state index < -0.39 is 12.1 Å².